The van der Waals surface area contributed by atoms with Gasteiger partial charge < -0.3 is 14.8 Å². The molecule has 4 heteroatoms. The van der Waals surface area contributed by atoms with Gasteiger partial charge in [-0.25, -0.2) is 0 Å². The average molecular weight is 299 g/mol. The maximum Gasteiger partial charge on any atom is 0.155 e. The molecule has 2 aromatic rings. The third-order valence-electron chi connectivity index (χ3n) is 2.95. The van der Waals surface area contributed by atoms with Crippen molar-refractivity contribution in [1.29, 1.82) is 0 Å². The van der Waals surface area contributed by atoms with Crippen LogP contribution in [0.15, 0.2) is 48.5 Å². The molecule has 0 spiro atoms. The van der Waals surface area contributed by atoms with Crippen LogP contribution in [-0.2, 0) is 16.1 Å². The van der Waals surface area contributed by atoms with Crippen molar-refractivity contribution in [1.82, 2.24) is 0 Å². The van der Waals surface area contributed by atoms with Gasteiger partial charge in [0.05, 0.1) is 6.61 Å². The van der Waals surface area contributed by atoms with E-state index < -0.39 is 0 Å². The summed E-state index contributed by atoms with van der Waals surface area (Å²) in [6, 6.07) is 15.5. The molecule has 0 aliphatic carbocycles. The molecule has 2 aromatic carbocycles. The minimum absolute atomic E-state index is 0.0283. The molecule has 0 aliphatic rings. The van der Waals surface area contributed by atoms with Gasteiger partial charge in [0, 0.05) is 18.3 Å². The van der Waals surface area contributed by atoms with Crippen LogP contribution in [0.4, 0.5) is 5.69 Å². The number of hydrogen-bond donors (Lipinski definition) is 1. The number of nitrogens with one attached hydrogen (secondary N) is 1. The van der Waals surface area contributed by atoms with Crippen LogP contribution in [0.25, 0.3) is 0 Å². The number of hydrogen-bond acceptors (Lipinski definition) is 4. The molecule has 0 radical (unpaired) electrons. The number of rotatable bonds is 8. The minimum Gasteiger partial charge on any atom is -0.457 e. The van der Waals surface area contributed by atoms with Gasteiger partial charge in [0.15, 0.2) is 5.78 Å². The van der Waals surface area contributed by atoms with Gasteiger partial charge >= 0.3 is 0 Å². The van der Waals surface area contributed by atoms with Gasteiger partial charge in [0.1, 0.15) is 18.1 Å². The third kappa shape index (κ3) is 5.22. The molecule has 0 unspecified atom stereocenters. The van der Waals surface area contributed by atoms with Crippen LogP contribution in [0.2, 0.25) is 0 Å². The zero-order valence-corrected chi connectivity index (χ0v) is 13.0. The summed E-state index contributed by atoms with van der Waals surface area (Å²) in [6.07, 6.45) is 0. The second-order valence-electron chi connectivity index (χ2n) is 5.00. The van der Waals surface area contributed by atoms with E-state index in [0.29, 0.717) is 6.61 Å². The Kier molecular flexibility index (Phi) is 5.98. The maximum atomic E-state index is 10.8. The summed E-state index contributed by atoms with van der Waals surface area (Å²) in [7, 11) is 0. The van der Waals surface area contributed by atoms with Gasteiger partial charge in [-0.1, -0.05) is 18.2 Å². The Balaban J connectivity index is 1.93. The molecule has 0 amide bonds. The topological polar surface area (TPSA) is 47.6 Å². The van der Waals surface area contributed by atoms with E-state index in [4.69, 9.17) is 9.47 Å². The van der Waals surface area contributed by atoms with Gasteiger partial charge in [-0.2, -0.15) is 0 Å². The van der Waals surface area contributed by atoms with Crippen LogP contribution in [-0.4, -0.2) is 18.9 Å². The van der Waals surface area contributed by atoms with Gasteiger partial charge in [-0.05, 0) is 43.7 Å². The van der Waals surface area contributed by atoms with Crippen molar-refractivity contribution in [2.24, 2.45) is 0 Å². The van der Waals surface area contributed by atoms with Crippen LogP contribution in [0.3, 0.4) is 0 Å². The van der Waals surface area contributed by atoms with E-state index in [1.807, 2.05) is 48.5 Å². The highest BCUT2D eigenvalue weighted by Crippen LogP contribution is 2.24. The van der Waals surface area contributed by atoms with E-state index in [-0.39, 0.29) is 12.4 Å². The number of Topliss-reactive ketones (excluding diaryl/α,β-unsaturated/α-hetero) is 1. The molecule has 0 aromatic heterocycles. The van der Waals surface area contributed by atoms with Crippen molar-refractivity contribution in [3.8, 4) is 11.5 Å². The Labute approximate surface area is 131 Å². The monoisotopic (exact) mass is 299 g/mol. The SMILES string of the molecule is CCNc1cccc(Oc2ccc(COCC(C)=O)cc2)c1. The molecular formula is C18H21NO3. The Hall–Kier alpha value is -2.33. The van der Waals surface area contributed by atoms with Gasteiger partial charge in [0.2, 0.25) is 0 Å². The summed E-state index contributed by atoms with van der Waals surface area (Å²) in [5.74, 6) is 1.59. The smallest absolute Gasteiger partial charge is 0.155 e. The highest BCUT2D eigenvalue weighted by Gasteiger charge is 2.00. The minimum atomic E-state index is 0.0283. The summed E-state index contributed by atoms with van der Waals surface area (Å²) in [5.41, 5.74) is 2.05. The predicted molar refractivity (Wildman–Crippen MR) is 87.5 cm³/mol. The molecular weight excluding hydrogens is 278 g/mol. The van der Waals surface area contributed by atoms with Gasteiger partial charge in [-0.3, -0.25) is 4.79 Å². The van der Waals surface area contributed by atoms with Crippen molar-refractivity contribution >= 4 is 11.5 Å². The third-order valence-corrected chi connectivity index (χ3v) is 2.95. The highest BCUT2D eigenvalue weighted by atomic mass is 16.5. The molecule has 4 nitrogen and oxygen atoms in total. The lowest BCUT2D eigenvalue weighted by atomic mass is 10.2. The number of benzene rings is 2. The van der Waals surface area contributed by atoms with Crippen LogP contribution in [0, 0.1) is 0 Å². The predicted octanol–water partition coefficient (Wildman–Crippen LogP) is 4.02. The molecule has 2 rings (SSSR count). The van der Waals surface area contributed by atoms with Crippen molar-refractivity contribution in [3.63, 3.8) is 0 Å². The summed E-state index contributed by atoms with van der Waals surface area (Å²) in [4.78, 5) is 10.8. The molecule has 0 saturated heterocycles. The molecule has 116 valence electrons. The zero-order chi connectivity index (χ0) is 15.8. The Morgan fingerprint density at radius 1 is 1.09 bits per heavy atom. The summed E-state index contributed by atoms with van der Waals surface area (Å²) < 4.78 is 11.1. The van der Waals surface area contributed by atoms with Crippen LogP contribution >= 0.6 is 0 Å². The molecule has 0 aliphatic heterocycles. The Morgan fingerprint density at radius 3 is 2.55 bits per heavy atom. The molecule has 0 bridgehead atoms. The first kappa shape index (κ1) is 16.0. The number of carbonyl (C=O) groups excluding carboxylic acids is 1. The zero-order valence-electron chi connectivity index (χ0n) is 13.0. The van der Waals surface area contributed by atoms with E-state index in [9.17, 15) is 4.79 Å². The largest absolute Gasteiger partial charge is 0.457 e. The first-order chi connectivity index (χ1) is 10.7. The lowest BCUT2D eigenvalue weighted by Crippen LogP contribution is -2.03. The van der Waals surface area contributed by atoms with Crippen molar-refractivity contribution in [3.05, 3.63) is 54.1 Å². The Bertz CT molecular complexity index is 608. The van der Waals surface area contributed by atoms with Crippen LogP contribution in [0.5, 0.6) is 11.5 Å². The van der Waals surface area contributed by atoms with Crippen LogP contribution in [0.1, 0.15) is 19.4 Å². The maximum absolute atomic E-state index is 10.8. The van der Waals surface area contributed by atoms with E-state index in [0.717, 1.165) is 29.3 Å². The highest BCUT2D eigenvalue weighted by molar-refractivity contribution is 5.76. The lowest BCUT2D eigenvalue weighted by Gasteiger charge is -2.09. The van der Waals surface area contributed by atoms with Crippen LogP contribution < -0.4 is 10.1 Å². The first-order valence-corrected chi connectivity index (χ1v) is 7.35. The van der Waals surface area contributed by atoms with E-state index in [1.165, 1.54) is 6.92 Å². The lowest BCUT2D eigenvalue weighted by molar-refractivity contribution is -0.121. The van der Waals surface area contributed by atoms with E-state index >= 15 is 0 Å². The molecule has 0 heterocycles. The number of carbonyl (C=O) groups is 1. The van der Waals surface area contributed by atoms with Gasteiger partial charge in [-0.15, -0.1) is 0 Å². The molecule has 0 atom stereocenters. The molecule has 0 fully saturated rings. The van der Waals surface area contributed by atoms with Crippen molar-refractivity contribution in [2.75, 3.05) is 18.5 Å². The normalized spacial score (nSPS) is 10.3. The van der Waals surface area contributed by atoms with Crippen molar-refractivity contribution < 1.29 is 14.3 Å². The average Bonchev–Trinajstić information content (AvgIpc) is 2.49. The first-order valence-electron chi connectivity index (χ1n) is 7.35. The molecule has 1 N–H and O–H groups in total. The number of ketones is 1. The van der Waals surface area contributed by atoms with Gasteiger partial charge in [0.25, 0.3) is 0 Å². The summed E-state index contributed by atoms with van der Waals surface area (Å²) in [5, 5.41) is 3.25. The van der Waals surface area contributed by atoms with Crippen molar-refractivity contribution in [2.45, 2.75) is 20.5 Å². The molecule has 0 saturated carbocycles. The van der Waals surface area contributed by atoms with E-state index in [2.05, 4.69) is 12.2 Å². The quantitative estimate of drug-likeness (QED) is 0.800. The summed E-state index contributed by atoms with van der Waals surface area (Å²) in [6.45, 7) is 5.02. The molecule has 22 heavy (non-hydrogen) atoms. The second-order valence-corrected chi connectivity index (χ2v) is 5.00. The number of ether oxygens (including phenoxy) is 2. The standard InChI is InChI=1S/C18H21NO3/c1-3-19-16-5-4-6-18(11-16)22-17-9-7-15(8-10-17)13-21-12-14(2)20/h4-11,19H,3,12-13H2,1-2H3. The number of anilines is 1. The van der Waals surface area contributed by atoms with E-state index in [1.54, 1.807) is 0 Å². The summed E-state index contributed by atoms with van der Waals surface area (Å²) >= 11 is 0. The fraction of sp³-hybridized carbons (Fsp3) is 0.278. The fourth-order valence-electron chi connectivity index (χ4n) is 1.98. The fourth-order valence-corrected chi connectivity index (χ4v) is 1.98. The second kappa shape index (κ2) is 8.20. The Morgan fingerprint density at radius 2 is 1.86 bits per heavy atom.